The van der Waals surface area contributed by atoms with Crippen LogP contribution in [0.15, 0.2) is 54.6 Å². The van der Waals surface area contributed by atoms with E-state index in [0.29, 0.717) is 19.1 Å². The molecule has 0 radical (unpaired) electrons. The molecule has 0 heterocycles. The molecule has 1 aliphatic rings. The van der Waals surface area contributed by atoms with Crippen LogP contribution in [0.3, 0.4) is 0 Å². The number of amides is 1. The van der Waals surface area contributed by atoms with Crippen molar-refractivity contribution in [3.63, 3.8) is 0 Å². The Kier molecular flexibility index (Phi) is 5.09. The molecule has 3 heteroatoms. The molecule has 0 saturated heterocycles. The van der Waals surface area contributed by atoms with Crippen LogP contribution in [0.4, 0.5) is 0 Å². The molecule has 1 aliphatic carbocycles. The number of aryl methyl sites for hydroxylation is 1. The van der Waals surface area contributed by atoms with Gasteiger partial charge in [-0.15, -0.1) is 0 Å². The standard InChI is InChI=1S/C20H24N2O/c1-16-7-5-6-10-18(16)13-21-20(23)15-22(19-11-12-19)14-17-8-3-2-4-9-17/h2-10,19H,11-15H2,1H3,(H,21,23). The summed E-state index contributed by atoms with van der Waals surface area (Å²) in [5, 5.41) is 3.06. The SMILES string of the molecule is Cc1ccccc1CNC(=O)CN(Cc1ccccc1)C1CC1. The number of benzene rings is 2. The van der Waals surface area contributed by atoms with Crippen molar-refractivity contribution < 1.29 is 4.79 Å². The lowest BCUT2D eigenvalue weighted by Gasteiger charge is -2.21. The van der Waals surface area contributed by atoms with E-state index in [-0.39, 0.29) is 5.91 Å². The van der Waals surface area contributed by atoms with E-state index in [4.69, 9.17) is 0 Å². The van der Waals surface area contributed by atoms with Crippen LogP contribution < -0.4 is 5.32 Å². The molecule has 1 amide bonds. The van der Waals surface area contributed by atoms with Gasteiger partial charge < -0.3 is 5.32 Å². The Balaban J connectivity index is 1.53. The molecule has 0 bridgehead atoms. The second kappa shape index (κ2) is 7.42. The number of hydrogen-bond acceptors (Lipinski definition) is 2. The first-order valence-corrected chi connectivity index (χ1v) is 8.31. The summed E-state index contributed by atoms with van der Waals surface area (Å²) in [5.74, 6) is 0.107. The summed E-state index contributed by atoms with van der Waals surface area (Å²) in [6.07, 6.45) is 2.41. The third-order valence-electron chi connectivity index (χ3n) is 4.38. The van der Waals surface area contributed by atoms with Gasteiger partial charge in [0.25, 0.3) is 0 Å². The highest BCUT2D eigenvalue weighted by Gasteiger charge is 2.30. The topological polar surface area (TPSA) is 32.3 Å². The molecule has 120 valence electrons. The molecule has 0 spiro atoms. The van der Waals surface area contributed by atoms with Gasteiger partial charge in [-0.1, -0.05) is 54.6 Å². The highest BCUT2D eigenvalue weighted by molar-refractivity contribution is 5.78. The van der Waals surface area contributed by atoms with E-state index in [1.165, 1.54) is 29.5 Å². The zero-order chi connectivity index (χ0) is 16.1. The van der Waals surface area contributed by atoms with Crippen LogP contribution >= 0.6 is 0 Å². The van der Waals surface area contributed by atoms with Crippen molar-refractivity contribution in [3.8, 4) is 0 Å². The monoisotopic (exact) mass is 308 g/mol. The summed E-state index contributed by atoms with van der Waals surface area (Å²) in [4.78, 5) is 14.6. The summed E-state index contributed by atoms with van der Waals surface area (Å²) < 4.78 is 0. The zero-order valence-electron chi connectivity index (χ0n) is 13.7. The maximum Gasteiger partial charge on any atom is 0.234 e. The van der Waals surface area contributed by atoms with Crippen LogP contribution in [-0.4, -0.2) is 23.4 Å². The van der Waals surface area contributed by atoms with Gasteiger partial charge in [0.05, 0.1) is 6.54 Å². The van der Waals surface area contributed by atoms with Gasteiger partial charge in [-0.05, 0) is 36.5 Å². The van der Waals surface area contributed by atoms with Gasteiger partial charge in [0.15, 0.2) is 0 Å². The fourth-order valence-corrected chi connectivity index (χ4v) is 2.81. The molecule has 2 aromatic rings. The summed E-state index contributed by atoms with van der Waals surface area (Å²) in [6.45, 7) is 4.01. The molecule has 2 aromatic carbocycles. The van der Waals surface area contributed by atoms with Gasteiger partial charge in [-0.3, -0.25) is 9.69 Å². The Labute approximate surface area is 138 Å². The van der Waals surface area contributed by atoms with Crippen LogP contribution in [0.2, 0.25) is 0 Å². The van der Waals surface area contributed by atoms with Crippen molar-refractivity contribution in [2.24, 2.45) is 0 Å². The predicted octanol–water partition coefficient (Wildman–Crippen LogP) is 3.28. The van der Waals surface area contributed by atoms with E-state index in [1.807, 2.05) is 18.2 Å². The van der Waals surface area contributed by atoms with Crippen molar-refractivity contribution in [2.45, 2.75) is 38.9 Å². The average molecular weight is 308 g/mol. The maximum atomic E-state index is 12.3. The minimum atomic E-state index is 0.107. The maximum absolute atomic E-state index is 12.3. The van der Waals surface area contributed by atoms with Crippen LogP contribution in [0.25, 0.3) is 0 Å². The Morgan fingerprint density at radius 2 is 1.78 bits per heavy atom. The van der Waals surface area contributed by atoms with Gasteiger partial charge in [0.2, 0.25) is 5.91 Å². The highest BCUT2D eigenvalue weighted by Crippen LogP contribution is 2.28. The lowest BCUT2D eigenvalue weighted by Crippen LogP contribution is -2.37. The molecular weight excluding hydrogens is 284 g/mol. The Morgan fingerprint density at radius 1 is 1.09 bits per heavy atom. The summed E-state index contributed by atoms with van der Waals surface area (Å²) in [7, 11) is 0. The first-order valence-electron chi connectivity index (χ1n) is 8.31. The molecular formula is C20H24N2O. The first-order chi connectivity index (χ1) is 11.2. The zero-order valence-corrected chi connectivity index (χ0v) is 13.7. The van der Waals surface area contributed by atoms with Crippen molar-refractivity contribution in [1.82, 2.24) is 10.2 Å². The molecule has 0 aliphatic heterocycles. The molecule has 23 heavy (non-hydrogen) atoms. The molecule has 1 saturated carbocycles. The number of rotatable bonds is 7. The van der Waals surface area contributed by atoms with Gasteiger partial charge in [-0.2, -0.15) is 0 Å². The number of nitrogens with one attached hydrogen (secondary N) is 1. The quantitative estimate of drug-likeness (QED) is 0.851. The van der Waals surface area contributed by atoms with E-state index >= 15 is 0 Å². The lowest BCUT2D eigenvalue weighted by molar-refractivity contribution is -0.122. The molecule has 3 rings (SSSR count). The van der Waals surface area contributed by atoms with E-state index in [9.17, 15) is 4.79 Å². The fourth-order valence-electron chi connectivity index (χ4n) is 2.81. The summed E-state index contributed by atoms with van der Waals surface area (Å²) in [6, 6.07) is 19.1. The average Bonchev–Trinajstić information content (AvgIpc) is 3.39. The Hall–Kier alpha value is -2.13. The Morgan fingerprint density at radius 3 is 2.48 bits per heavy atom. The number of hydrogen-bond donors (Lipinski definition) is 1. The molecule has 0 atom stereocenters. The highest BCUT2D eigenvalue weighted by atomic mass is 16.2. The van der Waals surface area contributed by atoms with E-state index in [1.54, 1.807) is 0 Å². The second-order valence-electron chi connectivity index (χ2n) is 6.32. The van der Waals surface area contributed by atoms with Crippen LogP contribution in [0, 0.1) is 6.92 Å². The molecule has 3 nitrogen and oxygen atoms in total. The second-order valence-corrected chi connectivity index (χ2v) is 6.32. The van der Waals surface area contributed by atoms with Crippen molar-refractivity contribution in [2.75, 3.05) is 6.54 Å². The lowest BCUT2D eigenvalue weighted by atomic mass is 10.1. The first kappa shape index (κ1) is 15.8. The number of nitrogens with zero attached hydrogens (tertiary/aromatic N) is 1. The fraction of sp³-hybridized carbons (Fsp3) is 0.350. The van der Waals surface area contributed by atoms with Crippen molar-refractivity contribution in [3.05, 3.63) is 71.3 Å². The predicted molar refractivity (Wildman–Crippen MR) is 92.9 cm³/mol. The van der Waals surface area contributed by atoms with Crippen LogP contribution in [0.1, 0.15) is 29.5 Å². The van der Waals surface area contributed by atoms with Gasteiger partial charge >= 0.3 is 0 Å². The third kappa shape index (κ3) is 4.67. The van der Waals surface area contributed by atoms with Crippen molar-refractivity contribution in [1.29, 1.82) is 0 Å². The molecule has 1 N–H and O–H groups in total. The van der Waals surface area contributed by atoms with E-state index in [0.717, 1.165) is 6.54 Å². The van der Waals surface area contributed by atoms with E-state index < -0.39 is 0 Å². The van der Waals surface area contributed by atoms with E-state index in [2.05, 4.69) is 53.5 Å². The number of carbonyl (C=O) groups is 1. The van der Waals surface area contributed by atoms with Crippen molar-refractivity contribution >= 4 is 5.91 Å². The molecule has 1 fully saturated rings. The minimum Gasteiger partial charge on any atom is -0.351 e. The summed E-state index contributed by atoms with van der Waals surface area (Å²) in [5.41, 5.74) is 3.67. The normalized spacial score (nSPS) is 14.0. The largest absolute Gasteiger partial charge is 0.351 e. The van der Waals surface area contributed by atoms with Crippen LogP contribution in [0.5, 0.6) is 0 Å². The van der Waals surface area contributed by atoms with Crippen LogP contribution in [-0.2, 0) is 17.9 Å². The number of carbonyl (C=O) groups excluding carboxylic acids is 1. The van der Waals surface area contributed by atoms with Gasteiger partial charge in [-0.25, -0.2) is 0 Å². The summed E-state index contributed by atoms with van der Waals surface area (Å²) >= 11 is 0. The molecule has 0 aromatic heterocycles. The smallest absolute Gasteiger partial charge is 0.234 e. The molecule has 0 unspecified atom stereocenters. The third-order valence-corrected chi connectivity index (χ3v) is 4.38. The van der Waals surface area contributed by atoms with Gasteiger partial charge in [0, 0.05) is 19.1 Å². The Bertz CT molecular complexity index is 650. The minimum absolute atomic E-state index is 0.107. The van der Waals surface area contributed by atoms with Gasteiger partial charge in [0.1, 0.15) is 0 Å².